The van der Waals surface area contributed by atoms with E-state index in [1.165, 1.54) is 0 Å². The molecule has 1 rings (SSSR count). The van der Waals surface area contributed by atoms with Crippen molar-refractivity contribution in [2.75, 3.05) is 0 Å². The van der Waals surface area contributed by atoms with Gasteiger partial charge in [0, 0.05) is 5.56 Å². The number of halogens is 1. The highest BCUT2D eigenvalue weighted by Gasteiger charge is 2.09. The third-order valence-electron chi connectivity index (χ3n) is 2.30. The third-order valence-corrected chi connectivity index (χ3v) is 2.80. The van der Waals surface area contributed by atoms with Crippen molar-refractivity contribution in [3.8, 4) is 6.07 Å². The number of nitriles is 1. The van der Waals surface area contributed by atoms with Gasteiger partial charge in [-0.15, -0.1) is 0 Å². The predicted octanol–water partition coefficient (Wildman–Crippen LogP) is 3.25. The molecule has 1 aromatic carbocycles. The molecule has 0 heterocycles. The van der Waals surface area contributed by atoms with Gasteiger partial charge in [0.2, 0.25) is 0 Å². The van der Waals surface area contributed by atoms with E-state index in [1.807, 2.05) is 32.0 Å². The summed E-state index contributed by atoms with van der Waals surface area (Å²) in [6.45, 7) is 3.81. The Morgan fingerprint density at radius 2 is 2.20 bits per heavy atom. The first-order valence-electron chi connectivity index (χ1n) is 4.76. The molecule has 0 radical (unpaired) electrons. The van der Waals surface area contributed by atoms with E-state index in [9.17, 15) is 0 Å². The molecule has 3 heteroatoms. The van der Waals surface area contributed by atoms with Crippen LogP contribution in [0.4, 0.5) is 0 Å². The Morgan fingerprint density at radius 3 is 2.73 bits per heavy atom. The number of rotatable bonds is 2. The maximum atomic E-state index is 8.89. The lowest BCUT2D eigenvalue weighted by Crippen LogP contribution is -2.01. The molecule has 0 aliphatic carbocycles. The van der Waals surface area contributed by atoms with Crippen LogP contribution in [0.25, 0.3) is 5.70 Å². The summed E-state index contributed by atoms with van der Waals surface area (Å²) in [6, 6.07) is 7.72. The predicted molar refractivity (Wildman–Crippen MR) is 63.2 cm³/mol. The van der Waals surface area contributed by atoms with E-state index in [0.29, 0.717) is 22.7 Å². The Labute approximate surface area is 95.0 Å². The number of allylic oxidation sites excluding steroid dienone is 1. The summed E-state index contributed by atoms with van der Waals surface area (Å²) >= 11 is 6.12. The summed E-state index contributed by atoms with van der Waals surface area (Å²) in [5, 5.41) is 9.51. The van der Waals surface area contributed by atoms with Gasteiger partial charge in [-0.25, -0.2) is 0 Å². The van der Waals surface area contributed by atoms with E-state index < -0.39 is 0 Å². The summed E-state index contributed by atoms with van der Waals surface area (Å²) in [5.41, 5.74) is 8.66. The number of aryl methyl sites for hydroxylation is 1. The Morgan fingerprint density at radius 1 is 1.53 bits per heavy atom. The first-order chi connectivity index (χ1) is 7.11. The summed E-state index contributed by atoms with van der Waals surface area (Å²) in [4.78, 5) is 0. The van der Waals surface area contributed by atoms with Gasteiger partial charge >= 0.3 is 0 Å². The largest absolute Gasteiger partial charge is 0.397 e. The van der Waals surface area contributed by atoms with Crippen LogP contribution in [0.3, 0.4) is 0 Å². The summed E-state index contributed by atoms with van der Waals surface area (Å²) < 4.78 is 0. The fourth-order valence-electron chi connectivity index (χ4n) is 1.35. The first kappa shape index (κ1) is 11.6. The van der Waals surface area contributed by atoms with Gasteiger partial charge in [-0.2, -0.15) is 5.26 Å². The second kappa shape index (κ2) is 4.86. The van der Waals surface area contributed by atoms with Crippen molar-refractivity contribution in [2.24, 2.45) is 5.73 Å². The highest BCUT2D eigenvalue weighted by Crippen LogP contribution is 2.26. The molecule has 0 amide bonds. The van der Waals surface area contributed by atoms with Crippen molar-refractivity contribution in [2.45, 2.75) is 20.3 Å². The first-order valence-corrected chi connectivity index (χ1v) is 5.13. The lowest BCUT2D eigenvalue weighted by atomic mass is 10.0. The fraction of sp³-hybridized carbons (Fsp3) is 0.250. The van der Waals surface area contributed by atoms with Crippen molar-refractivity contribution in [1.82, 2.24) is 0 Å². The van der Waals surface area contributed by atoms with Crippen LogP contribution in [0.15, 0.2) is 23.8 Å². The Hall–Kier alpha value is -1.46. The van der Waals surface area contributed by atoms with E-state index in [1.54, 1.807) is 0 Å². The summed E-state index contributed by atoms with van der Waals surface area (Å²) in [7, 11) is 0. The standard InChI is InChI=1S/C12H13ClN2/c1-3-9(7-14)12(15)10-6-4-5-8(2)11(10)13/h4-6H,3,15H2,1-2H3/b12-9-. The minimum atomic E-state index is 0.480. The average Bonchev–Trinajstić information content (AvgIpc) is 2.23. The van der Waals surface area contributed by atoms with Crippen molar-refractivity contribution in [3.05, 3.63) is 39.9 Å². The lowest BCUT2D eigenvalue weighted by molar-refractivity contribution is 1.14. The number of nitrogens with two attached hydrogens (primary N) is 1. The summed E-state index contributed by atoms with van der Waals surface area (Å²) in [6.07, 6.45) is 0.618. The molecule has 15 heavy (non-hydrogen) atoms. The second-order valence-corrected chi connectivity index (χ2v) is 3.67. The van der Waals surface area contributed by atoms with Gasteiger partial charge in [0.25, 0.3) is 0 Å². The topological polar surface area (TPSA) is 49.8 Å². The highest BCUT2D eigenvalue weighted by molar-refractivity contribution is 6.33. The van der Waals surface area contributed by atoms with Gasteiger partial charge in [-0.3, -0.25) is 0 Å². The van der Waals surface area contributed by atoms with Gasteiger partial charge in [0.05, 0.1) is 22.4 Å². The van der Waals surface area contributed by atoms with Crippen LogP contribution < -0.4 is 5.73 Å². The maximum absolute atomic E-state index is 8.89. The molecule has 0 spiro atoms. The van der Waals surface area contributed by atoms with Crippen molar-refractivity contribution in [1.29, 1.82) is 5.26 Å². The zero-order valence-electron chi connectivity index (χ0n) is 8.84. The minimum Gasteiger partial charge on any atom is -0.397 e. The minimum absolute atomic E-state index is 0.480. The lowest BCUT2D eigenvalue weighted by Gasteiger charge is -2.08. The SMILES string of the molecule is CC/C(C#N)=C(/N)c1cccc(C)c1Cl. The molecule has 0 aliphatic heterocycles. The normalized spacial score (nSPS) is 11.9. The molecular weight excluding hydrogens is 208 g/mol. The average molecular weight is 221 g/mol. The molecule has 1 aromatic rings. The molecule has 0 aliphatic rings. The van der Waals surface area contributed by atoms with Gasteiger partial charge in [0.1, 0.15) is 0 Å². The quantitative estimate of drug-likeness (QED) is 0.778. The number of hydrogen-bond donors (Lipinski definition) is 1. The molecule has 2 nitrogen and oxygen atoms in total. The zero-order chi connectivity index (χ0) is 11.4. The molecule has 0 atom stereocenters. The van der Waals surface area contributed by atoms with E-state index >= 15 is 0 Å². The van der Waals surface area contributed by atoms with Crippen molar-refractivity contribution in [3.63, 3.8) is 0 Å². The van der Waals surface area contributed by atoms with Crippen LogP contribution in [-0.2, 0) is 0 Å². The van der Waals surface area contributed by atoms with Crippen LogP contribution in [0, 0.1) is 18.3 Å². The van der Waals surface area contributed by atoms with E-state index in [4.69, 9.17) is 22.6 Å². The van der Waals surface area contributed by atoms with Crippen molar-refractivity contribution < 1.29 is 0 Å². The van der Waals surface area contributed by atoms with Crippen LogP contribution >= 0.6 is 11.6 Å². The van der Waals surface area contributed by atoms with E-state index in [0.717, 1.165) is 11.1 Å². The van der Waals surface area contributed by atoms with Crippen molar-refractivity contribution >= 4 is 17.3 Å². The second-order valence-electron chi connectivity index (χ2n) is 3.29. The third kappa shape index (κ3) is 2.31. The zero-order valence-corrected chi connectivity index (χ0v) is 9.60. The maximum Gasteiger partial charge on any atom is 0.0968 e. The molecule has 0 unspecified atom stereocenters. The molecule has 0 aromatic heterocycles. The Kier molecular flexibility index (Phi) is 3.76. The van der Waals surface area contributed by atoms with Gasteiger partial charge in [-0.1, -0.05) is 36.7 Å². The van der Waals surface area contributed by atoms with Gasteiger partial charge in [0.15, 0.2) is 0 Å². The molecule has 0 fully saturated rings. The highest BCUT2D eigenvalue weighted by atomic mass is 35.5. The fourth-order valence-corrected chi connectivity index (χ4v) is 1.58. The van der Waals surface area contributed by atoms with E-state index in [-0.39, 0.29) is 0 Å². The van der Waals surface area contributed by atoms with Crippen LogP contribution in [0.2, 0.25) is 5.02 Å². The Balaban J connectivity index is 3.35. The monoisotopic (exact) mass is 220 g/mol. The van der Waals surface area contributed by atoms with E-state index in [2.05, 4.69) is 6.07 Å². The van der Waals surface area contributed by atoms with Crippen LogP contribution in [-0.4, -0.2) is 0 Å². The molecule has 2 N–H and O–H groups in total. The molecule has 0 saturated carbocycles. The summed E-state index contributed by atoms with van der Waals surface area (Å²) in [5.74, 6) is 0. The number of benzene rings is 1. The van der Waals surface area contributed by atoms with Gasteiger partial charge < -0.3 is 5.73 Å². The molecule has 78 valence electrons. The smallest absolute Gasteiger partial charge is 0.0968 e. The number of hydrogen-bond acceptors (Lipinski definition) is 2. The number of nitrogens with zero attached hydrogens (tertiary/aromatic N) is 1. The van der Waals surface area contributed by atoms with Crippen LogP contribution in [0.1, 0.15) is 24.5 Å². The van der Waals surface area contributed by atoms with Crippen LogP contribution in [0.5, 0.6) is 0 Å². The molecule has 0 bridgehead atoms. The molecule has 0 saturated heterocycles. The van der Waals surface area contributed by atoms with Gasteiger partial charge in [-0.05, 0) is 18.9 Å². The molecular formula is C12H13ClN2. The Bertz CT molecular complexity index is 441.